The van der Waals surface area contributed by atoms with E-state index in [-0.39, 0.29) is 18.4 Å². The molecule has 1 aromatic rings. The average Bonchev–Trinajstić information content (AvgIpc) is 2.95. The number of rotatable bonds is 4. The maximum atomic E-state index is 12.6. The van der Waals surface area contributed by atoms with Gasteiger partial charge in [0.1, 0.15) is 0 Å². The quantitative estimate of drug-likeness (QED) is 0.930. The van der Waals surface area contributed by atoms with Crippen LogP contribution < -0.4 is 0 Å². The highest BCUT2D eigenvalue weighted by atomic mass is 16.4. The van der Waals surface area contributed by atoms with E-state index in [2.05, 4.69) is 18.2 Å². The number of aliphatic carboxylic acids is 1. The first-order valence-corrected chi connectivity index (χ1v) is 8.24. The van der Waals surface area contributed by atoms with Crippen molar-refractivity contribution in [1.82, 2.24) is 4.90 Å². The van der Waals surface area contributed by atoms with Crippen molar-refractivity contribution < 1.29 is 14.7 Å². The third kappa shape index (κ3) is 3.16. The fourth-order valence-electron chi connectivity index (χ4n) is 3.97. The van der Waals surface area contributed by atoms with Gasteiger partial charge >= 0.3 is 5.97 Å². The van der Waals surface area contributed by atoms with Gasteiger partial charge in [-0.15, -0.1) is 0 Å². The number of nitrogens with zero attached hydrogens (tertiary/aromatic N) is 1. The zero-order chi connectivity index (χ0) is 15.5. The first kappa shape index (κ1) is 15.1. The Morgan fingerprint density at radius 1 is 1.14 bits per heavy atom. The van der Waals surface area contributed by atoms with Crippen LogP contribution >= 0.6 is 0 Å². The SMILES string of the molecule is O=C(O)CC1CCCN1C(=O)CC1CCCc2ccccc21. The Hall–Kier alpha value is -1.84. The van der Waals surface area contributed by atoms with Crippen LogP contribution in [0.25, 0.3) is 0 Å². The van der Waals surface area contributed by atoms with E-state index in [1.165, 1.54) is 11.1 Å². The van der Waals surface area contributed by atoms with Crippen LogP contribution in [0.4, 0.5) is 0 Å². The Balaban J connectivity index is 1.68. The molecule has 1 saturated heterocycles. The van der Waals surface area contributed by atoms with E-state index >= 15 is 0 Å². The van der Waals surface area contributed by atoms with Gasteiger partial charge in [0, 0.05) is 19.0 Å². The Bertz CT molecular complexity index is 569. The number of hydrogen-bond acceptors (Lipinski definition) is 2. The molecule has 2 unspecified atom stereocenters. The van der Waals surface area contributed by atoms with Crippen molar-refractivity contribution in [3.05, 3.63) is 35.4 Å². The van der Waals surface area contributed by atoms with Crippen LogP contribution in [0, 0.1) is 0 Å². The van der Waals surface area contributed by atoms with E-state index in [9.17, 15) is 9.59 Å². The standard InChI is InChI=1S/C18H23NO3/c20-17(19-10-4-8-15(19)12-18(21)22)11-14-7-3-6-13-5-1-2-9-16(13)14/h1-2,5,9,14-15H,3-4,6-8,10-12H2,(H,21,22). The lowest BCUT2D eigenvalue weighted by molar-refractivity contribution is -0.140. The summed E-state index contributed by atoms with van der Waals surface area (Å²) in [5.41, 5.74) is 2.69. The molecule has 2 atom stereocenters. The van der Waals surface area contributed by atoms with E-state index in [0.717, 1.165) is 32.1 Å². The van der Waals surface area contributed by atoms with Gasteiger partial charge in [0.2, 0.25) is 5.91 Å². The first-order valence-electron chi connectivity index (χ1n) is 8.24. The highest BCUT2D eigenvalue weighted by Crippen LogP contribution is 2.35. The molecule has 2 aliphatic rings. The van der Waals surface area contributed by atoms with E-state index < -0.39 is 5.97 Å². The van der Waals surface area contributed by atoms with E-state index in [0.29, 0.717) is 18.9 Å². The first-order chi connectivity index (χ1) is 10.6. The van der Waals surface area contributed by atoms with E-state index in [1.807, 2.05) is 11.0 Å². The number of carbonyl (C=O) groups excluding carboxylic acids is 1. The Morgan fingerprint density at radius 2 is 1.95 bits per heavy atom. The molecule has 1 aliphatic heterocycles. The molecule has 1 N–H and O–H groups in total. The topological polar surface area (TPSA) is 57.6 Å². The number of carboxylic acids is 1. The molecule has 22 heavy (non-hydrogen) atoms. The van der Waals surface area contributed by atoms with Crippen molar-refractivity contribution in [2.45, 2.75) is 56.9 Å². The molecule has 0 aromatic heterocycles. The monoisotopic (exact) mass is 301 g/mol. The summed E-state index contributed by atoms with van der Waals surface area (Å²) in [7, 11) is 0. The molecule has 0 saturated carbocycles. The van der Waals surface area contributed by atoms with Crippen LogP contribution in [0.2, 0.25) is 0 Å². The third-order valence-electron chi connectivity index (χ3n) is 5.02. The summed E-state index contributed by atoms with van der Waals surface area (Å²) in [6.45, 7) is 0.713. The number of hydrogen-bond donors (Lipinski definition) is 1. The largest absolute Gasteiger partial charge is 0.481 e. The zero-order valence-corrected chi connectivity index (χ0v) is 12.8. The summed E-state index contributed by atoms with van der Waals surface area (Å²) in [6, 6.07) is 8.31. The highest BCUT2D eigenvalue weighted by Gasteiger charge is 2.32. The predicted octanol–water partition coefficient (Wildman–Crippen LogP) is 2.96. The van der Waals surface area contributed by atoms with Crippen LogP contribution in [0.5, 0.6) is 0 Å². The summed E-state index contributed by atoms with van der Waals surface area (Å²) in [5, 5.41) is 8.99. The minimum atomic E-state index is -0.812. The van der Waals surface area contributed by atoms with E-state index in [1.54, 1.807) is 0 Å². The van der Waals surface area contributed by atoms with Gasteiger partial charge in [0.25, 0.3) is 0 Å². The number of likely N-dealkylation sites (tertiary alicyclic amines) is 1. The summed E-state index contributed by atoms with van der Waals surface area (Å²) >= 11 is 0. The number of benzene rings is 1. The average molecular weight is 301 g/mol. The molecular weight excluding hydrogens is 278 g/mol. The molecule has 1 heterocycles. The van der Waals surface area contributed by atoms with Crippen LogP contribution in [0.3, 0.4) is 0 Å². The normalized spacial score (nSPS) is 24.1. The van der Waals surface area contributed by atoms with Gasteiger partial charge in [-0.25, -0.2) is 0 Å². The smallest absolute Gasteiger partial charge is 0.305 e. The molecule has 1 amide bonds. The van der Waals surface area contributed by atoms with Gasteiger partial charge in [0.05, 0.1) is 6.42 Å². The van der Waals surface area contributed by atoms with Crippen molar-refractivity contribution in [3.8, 4) is 0 Å². The van der Waals surface area contributed by atoms with Crippen molar-refractivity contribution in [1.29, 1.82) is 0 Å². The molecule has 4 heteroatoms. The Kier molecular flexibility index (Phi) is 4.46. The van der Waals surface area contributed by atoms with Crippen LogP contribution in [-0.2, 0) is 16.0 Å². The fraction of sp³-hybridized carbons (Fsp3) is 0.556. The van der Waals surface area contributed by atoms with E-state index in [4.69, 9.17) is 5.11 Å². The predicted molar refractivity (Wildman–Crippen MR) is 83.7 cm³/mol. The number of carboxylic acid groups (broad SMARTS) is 1. The summed E-state index contributed by atoms with van der Waals surface area (Å²) in [6.07, 6.45) is 5.63. The number of carbonyl (C=O) groups is 2. The van der Waals surface area contributed by atoms with Gasteiger partial charge in [-0.3, -0.25) is 9.59 Å². The number of fused-ring (bicyclic) bond motifs is 1. The molecule has 0 bridgehead atoms. The lowest BCUT2D eigenvalue weighted by atomic mass is 9.81. The van der Waals surface area contributed by atoms with Crippen LogP contribution in [0.1, 0.15) is 55.6 Å². The van der Waals surface area contributed by atoms with Gasteiger partial charge in [-0.1, -0.05) is 24.3 Å². The summed E-state index contributed by atoms with van der Waals surface area (Å²) < 4.78 is 0. The lowest BCUT2D eigenvalue weighted by Crippen LogP contribution is -2.37. The van der Waals surface area contributed by atoms with Gasteiger partial charge in [-0.2, -0.15) is 0 Å². The maximum Gasteiger partial charge on any atom is 0.305 e. The summed E-state index contributed by atoms with van der Waals surface area (Å²) in [4.78, 5) is 25.4. The zero-order valence-electron chi connectivity index (χ0n) is 12.8. The molecular formula is C18H23NO3. The molecule has 1 fully saturated rings. The fourth-order valence-corrected chi connectivity index (χ4v) is 3.97. The second-order valence-electron chi connectivity index (χ2n) is 6.47. The van der Waals surface area contributed by atoms with Crippen molar-refractivity contribution in [2.24, 2.45) is 0 Å². The molecule has 118 valence electrons. The van der Waals surface area contributed by atoms with Gasteiger partial charge in [-0.05, 0) is 49.1 Å². The molecule has 0 radical (unpaired) electrons. The Morgan fingerprint density at radius 3 is 2.77 bits per heavy atom. The maximum absolute atomic E-state index is 12.6. The molecule has 1 aromatic carbocycles. The Labute approximate surface area is 131 Å². The minimum Gasteiger partial charge on any atom is -0.481 e. The molecule has 3 rings (SSSR count). The molecule has 4 nitrogen and oxygen atoms in total. The molecule has 1 aliphatic carbocycles. The summed E-state index contributed by atoms with van der Waals surface area (Å²) in [5.74, 6) is -0.387. The number of amides is 1. The van der Waals surface area contributed by atoms with Crippen molar-refractivity contribution in [2.75, 3.05) is 6.54 Å². The van der Waals surface area contributed by atoms with Crippen LogP contribution in [-0.4, -0.2) is 34.5 Å². The van der Waals surface area contributed by atoms with Crippen molar-refractivity contribution in [3.63, 3.8) is 0 Å². The van der Waals surface area contributed by atoms with Crippen LogP contribution in [0.15, 0.2) is 24.3 Å². The van der Waals surface area contributed by atoms with Gasteiger partial charge < -0.3 is 10.0 Å². The second kappa shape index (κ2) is 6.51. The molecule has 0 spiro atoms. The lowest BCUT2D eigenvalue weighted by Gasteiger charge is -2.29. The van der Waals surface area contributed by atoms with Crippen molar-refractivity contribution >= 4 is 11.9 Å². The number of aryl methyl sites for hydroxylation is 1. The third-order valence-corrected chi connectivity index (χ3v) is 5.02. The highest BCUT2D eigenvalue weighted by molar-refractivity contribution is 5.79. The second-order valence-corrected chi connectivity index (χ2v) is 6.47. The van der Waals surface area contributed by atoms with Gasteiger partial charge in [0.15, 0.2) is 0 Å². The minimum absolute atomic E-state index is 0.0764.